The van der Waals surface area contributed by atoms with Crippen molar-refractivity contribution in [3.05, 3.63) is 61.3 Å². The third kappa shape index (κ3) is 3.20. The molecule has 0 bridgehead atoms. The van der Waals surface area contributed by atoms with E-state index in [1.165, 1.54) is 11.3 Å². The number of amides is 2. The van der Waals surface area contributed by atoms with Crippen LogP contribution in [0.1, 0.15) is 49.6 Å². The van der Waals surface area contributed by atoms with Gasteiger partial charge in [0.1, 0.15) is 5.82 Å². The van der Waals surface area contributed by atoms with E-state index >= 15 is 0 Å². The van der Waals surface area contributed by atoms with E-state index in [4.69, 9.17) is 0 Å². The van der Waals surface area contributed by atoms with Gasteiger partial charge in [0, 0.05) is 23.4 Å². The van der Waals surface area contributed by atoms with E-state index in [0.717, 1.165) is 35.5 Å². The lowest BCUT2D eigenvalue weighted by Gasteiger charge is -2.08. The summed E-state index contributed by atoms with van der Waals surface area (Å²) in [4.78, 5) is 43.4. The minimum atomic E-state index is -0.457. The number of nitrogens with one attached hydrogen (secondary N) is 2. The SMILES string of the molecule is CCc1cc(C(=O)NNC(=O)c2ccc3c(=O)n4c(nc3c2)CCC4)sc1C. The van der Waals surface area contributed by atoms with Gasteiger partial charge in [-0.05, 0) is 49.6 Å². The minimum absolute atomic E-state index is 0.0717. The summed E-state index contributed by atoms with van der Waals surface area (Å²) in [5.74, 6) is -0.0547. The highest BCUT2D eigenvalue weighted by Crippen LogP contribution is 2.21. The van der Waals surface area contributed by atoms with Crippen LogP contribution >= 0.6 is 11.3 Å². The predicted octanol–water partition coefficient (Wildman–Crippen LogP) is 2.35. The number of hydrogen-bond acceptors (Lipinski definition) is 5. The number of rotatable bonds is 3. The minimum Gasteiger partial charge on any atom is -0.296 e. The van der Waals surface area contributed by atoms with Crippen molar-refractivity contribution in [2.75, 3.05) is 0 Å². The van der Waals surface area contributed by atoms with Crippen molar-refractivity contribution in [2.45, 2.75) is 39.7 Å². The molecule has 0 saturated carbocycles. The molecule has 0 unspecified atom stereocenters. The molecule has 2 amide bonds. The largest absolute Gasteiger partial charge is 0.296 e. The van der Waals surface area contributed by atoms with Crippen LogP contribution in [0.5, 0.6) is 0 Å². The highest BCUT2D eigenvalue weighted by atomic mass is 32.1. The lowest BCUT2D eigenvalue weighted by atomic mass is 10.1. The van der Waals surface area contributed by atoms with Gasteiger partial charge in [-0.1, -0.05) is 6.92 Å². The molecule has 4 rings (SSSR count). The monoisotopic (exact) mass is 396 g/mol. The molecule has 1 aromatic carbocycles. The zero-order valence-corrected chi connectivity index (χ0v) is 16.5. The second-order valence-electron chi connectivity index (χ2n) is 6.77. The maximum absolute atomic E-state index is 12.5. The number of hydrogen-bond donors (Lipinski definition) is 2. The first kappa shape index (κ1) is 18.4. The molecule has 3 aromatic rings. The molecule has 2 N–H and O–H groups in total. The predicted molar refractivity (Wildman–Crippen MR) is 108 cm³/mol. The Bertz CT molecular complexity index is 1160. The first-order chi connectivity index (χ1) is 13.5. The van der Waals surface area contributed by atoms with Crippen LogP contribution in [0.15, 0.2) is 29.1 Å². The van der Waals surface area contributed by atoms with Crippen molar-refractivity contribution in [1.29, 1.82) is 0 Å². The molecule has 144 valence electrons. The topological polar surface area (TPSA) is 93.1 Å². The number of carbonyl (C=O) groups excluding carboxylic acids is 2. The highest BCUT2D eigenvalue weighted by molar-refractivity contribution is 7.14. The summed E-state index contributed by atoms with van der Waals surface area (Å²) in [5, 5.41) is 0.493. The average molecular weight is 396 g/mol. The van der Waals surface area contributed by atoms with Gasteiger partial charge in [0.15, 0.2) is 0 Å². The Kier molecular flexibility index (Phi) is 4.72. The fourth-order valence-corrected chi connectivity index (χ4v) is 4.46. The first-order valence-electron chi connectivity index (χ1n) is 9.21. The Balaban J connectivity index is 1.51. The Morgan fingerprint density at radius 1 is 1.21 bits per heavy atom. The van der Waals surface area contributed by atoms with Gasteiger partial charge in [0.2, 0.25) is 0 Å². The molecular formula is C20H20N4O3S. The van der Waals surface area contributed by atoms with Crippen molar-refractivity contribution < 1.29 is 9.59 Å². The number of fused-ring (bicyclic) bond motifs is 2. The van der Waals surface area contributed by atoms with Crippen LogP contribution in [0, 0.1) is 6.92 Å². The van der Waals surface area contributed by atoms with Gasteiger partial charge in [0.05, 0.1) is 15.8 Å². The van der Waals surface area contributed by atoms with Crippen LogP contribution in [0.4, 0.5) is 0 Å². The summed E-state index contributed by atoms with van der Waals surface area (Å²) in [6.07, 6.45) is 2.52. The van der Waals surface area contributed by atoms with Gasteiger partial charge in [0.25, 0.3) is 17.4 Å². The maximum atomic E-state index is 12.5. The molecule has 0 radical (unpaired) electrons. The molecule has 0 spiro atoms. The van der Waals surface area contributed by atoms with Crippen molar-refractivity contribution in [3.8, 4) is 0 Å². The Hall–Kier alpha value is -3.00. The van der Waals surface area contributed by atoms with E-state index in [9.17, 15) is 14.4 Å². The normalized spacial score (nSPS) is 12.8. The molecule has 2 aromatic heterocycles. The fraction of sp³-hybridized carbons (Fsp3) is 0.300. The smallest absolute Gasteiger partial charge is 0.279 e. The van der Waals surface area contributed by atoms with Crippen molar-refractivity contribution >= 4 is 34.1 Å². The molecule has 1 aliphatic heterocycles. The Labute approximate surface area is 165 Å². The molecule has 1 aliphatic rings. The van der Waals surface area contributed by atoms with Gasteiger partial charge >= 0.3 is 0 Å². The number of benzene rings is 1. The van der Waals surface area contributed by atoms with E-state index in [1.54, 1.807) is 22.8 Å². The molecule has 0 atom stereocenters. The van der Waals surface area contributed by atoms with E-state index in [-0.39, 0.29) is 11.5 Å². The maximum Gasteiger partial charge on any atom is 0.279 e. The summed E-state index contributed by atoms with van der Waals surface area (Å²) in [7, 11) is 0. The Morgan fingerprint density at radius 2 is 2.00 bits per heavy atom. The summed E-state index contributed by atoms with van der Waals surface area (Å²) in [5.41, 5.74) is 6.77. The van der Waals surface area contributed by atoms with Crippen LogP contribution in [-0.4, -0.2) is 21.4 Å². The van der Waals surface area contributed by atoms with Gasteiger partial charge in [-0.25, -0.2) is 4.98 Å². The van der Waals surface area contributed by atoms with Crippen LogP contribution < -0.4 is 16.4 Å². The molecular weight excluding hydrogens is 376 g/mol. The molecule has 3 heterocycles. The van der Waals surface area contributed by atoms with E-state index in [0.29, 0.717) is 27.9 Å². The van der Waals surface area contributed by atoms with Gasteiger partial charge < -0.3 is 0 Å². The number of nitrogens with zero attached hydrogens (tertiary/aromatic N) is 2. The number of hydrazine groups is 1. The number of carbonyl (C=O) groups is 2. The second-order valence-corrected chi connectivity index (χ2v) is 8.03. The fourth-order valence-electron chi connectivity index (χ4n) is 3.46. The van der Waals surface area contributed by atoms with Crippen LogP contribution in [-0.2, 0) is 19.4 Å². The number of thiophene rings is 1. The van der Waals surface area contributed by atoms with Crippen LogP contribution in [0.3, 0.4) is 0 Å². The molecule has 0 fully saturated rings. The number of aryl methyl sites for hydroxylation is 3. The zero-order valence-electron chi connectivity index (χ0n) is 15.7. The van der Waals surface area contributed by atoms with E-state index < -0.39 is 5.91 Å². The number of aromatic nitrogens is 2. The summed E-state index contributed by atoms with van der Waals surface area (Å²) in [6.45, 7) is 4.70. The quantitative estimate of drug-likeness (QED) is 0.665. The Morgan fingerprint density at radius 3 is 2.75 bits per heavy atom. The standard InChI is InChI=1S/C20H20N4O3S/c1-3-12-10-16(28-11(12)2)19(26)23-22-18(25)13-6-7-14-15(9-13)21-17-5-4-8-24(17)20(14)27/h6-7,9-10H,3-5,8H2,1-2H3,(H,22,25)(H,23,26). The second kappa shape index (κ2) is 7.20. The molecule has 7 nitrogen and oxygen atoms in total. The van der Waals surface area contributed by atoms with Gasteiger partial charge in [-0.2, -0.15) is 0 Å². The zero-order chi connectivity index (χ0) is 19.8. The summed E-state index contributed by atoms with van der Waals surface area (Å²) >= 11 is 1.40. The average Bonchev–Trinajstić information content (AvgIpc) is 3.31. The van der Waals surface area contributed by atoms with Gasteiger partial charge in [-0.3, -0.25) is 29.8 Å². The lowest BCUT2D eigenvalue weighted by molar-refractivity contribution is 0.0849. The van der Waals surface area contributed by atoms with E-state index in [2.05, 4.69) is 15.8 Å². The molecule has 28 heavy (non-hydrogen) atoms. The third-order valence-electron chi connectivity index (χ3n) is 4.99. The third-order valence-corrected chi connectivity index (χ3v) is 6.09. The van der Waals surface area contributed by atoms with Crippen molar-refractivity contribution in [3.63, 3.8) is 0 Å². The summed E-state index contributed by atoms with van der Waals surface area (Å²) < 4.78 is 1.69. The van der Waals surface area contributed by atoms with Crippen LogP contribution in [0.25, 0.3) is 10.9 Å². The molecule has 0 saturated heterocycles. The molecule has 0 aliphatic carbocycles. The lowest BCUT2D eigenvalue weighted by Crippen LogP contribution is -2.41. The van der Waals surface area contributed by atoms with Crippen LogP contribution in [0.2, 0.25) is 0 Å². The molecule has 8 heteroatoms. The van der Waals surface area contributed by atoms with E-state index in [1.807, 2.05) is 19.9 Å². The summed E-state index contributed by atoms with van der Waals surface area (Å²) in [6, 6.07) is 6.61. The van der Waals surface area contributed by atoms with Crippen molar-refractivity contribution in [2.24, 2.45) is 0 Å². The highest BCUT2D eigenvalue weighted by Gasteiger charge is 2.18. The first-order valence-corrected chi connectivity index (χ1v) is 10.0. The van der Waals surface area contributed by atoms with Gasteiger partial charge in [-0.15, -0.1) is 11.3 Å². The van der Waals surface area contributed by atoms with Crippen molar-refractivity contribution in [1.82, 2.24) is 20.4 Å².